The van der Waals surface area contributed by atoms with E-state index in [9.17, 15) is 9.59 Å². The summed E-state index contributed by atoms with van der Waals surface area (Å²) in [4.78, 5) is 29.6. The van der Waals surface area contributed by atoms with Crippen molar-refractivity contribution in [2.75, 3.05) is 6.61 Å². The number of rotatable bonds is 6. The summed E-state index contributed by atoms with van der Waals surface area (Å²) in [5.41, 5.74) is 1.90. The van der Waals surface area contributed by atoms with Crippen LogP contribution in [0.3, 0.4) is 0 Å². The number of hydrogen-bond donors (Lipinski definition) is 1. The van der Waals surface area contributed by atoms with Crippen LogP contribution in [0.25, 0.3) is 11.1 Å². The molecule has 2 aromatic heterocycles. The predicted octanol–water partition coefficient (Wildman–Crippen LogP) is 5.20. The van der Waals surface area contributed by atoms with Crippen LogP contribution in [0, 0.1) is 6.92 Å². The molecule has 3 aromatic rings. The molecule has 0 unspecified atom stereocenters. The largest absolute Gasteiger partial charge is 0.494 e. The van der Waals surface area contributed by atoms with Gasteiger partial charge in [-0.05, 0) is 39.7 Å². The molecule has 0 saturated heterocycles. The van der Waals surface area contributed by atoms with Gasteiger partial charge in [-0.3, -0.25) is 9.59 Å². The Hall–Kier alpha value is -3.22. The Morgan fingerprint density at radius 1 is 1.17 bits per heavy atom. The molecule has 1 N–H and O–H groups in total. The number of aromatic nitrogens is 1. The fourth-order valence-corrected chi connectivity index (χ4v) is 5.57. The molecule has 2 aliphatic rings. The molecular weight excluding hydrogens is 442 g/mol. The van der Waals surface area contributed by atoms with Crippen molar-refractivity contribution in [3.05, 3.63) is 53.4 Å². The third-order valence-corrected chi connectivity index (χ3v) is 7.52. The summed E-state index contributed by atoms with van der Waals surface area (Å²) in [5, 5.41) is 3.32. The molecule has 35 heavy (non-hydrogen) atoms. The molecule has 1 saturated carbocycles. The Kier molecular flexibility index (Phi) is 6.34. The zero-order chi connectivity index (χ0) is 24.6. The second-order valence-corrected chi connectivity index (χ2v) is 10.1. The lowest BCUT2D eigenvalue weighted by Crippen LogP contribution is -2.64. The Balaban J connectivity index is 1.54. The van der Waals surface area contributed by atoms with Crippen molar-refractivity contribution in [2.24, 2.45) is 0 Å². The number of carbonyl (C=O) groups excluding carboxylic acids is 2. The number of ether oxygens (including phenoxy) is 1. The van der Waals surface area contributed by atoms with Gasteiger partial charge in [0.25, 0.3) is 5.91 Å². The van der Waals surface area contributed by atoms with Gasteiger partial charge in [0.05, 0.1) is 25.2 Å². The van der Waals surface area contributed by atoms with Crippen molar-refractivity contribution in [3.8, 4) is 5.75 Å². The van der Waals surface area contributed by atoms with Crippen LogP contribution < -0.4 is 10.1 Å². The van der Waals surface area contributed by atoms with Crippen LogP contribution in [0.15, 0.2) is 40.8 Å². The van der Waals surface area contributed by atoms with E-state index in [1.54, 1.807) is 11.0 Å². The Bertz CT molecular complexity index is 1230. The van der Waals surface area contributed by atoms with Gasteiger partial charge in [0.15, 0.2) is 5.58 Å². The van der Waals surface area contributed by atoms with Crippen molar-refractivity contribution < 1.29 is 18.7 Å². The molecule has 0 bridgehead atoms. The highest BCUT2D eigenvalue weighted by Gasteiger charge is 2.48. The number of aryl methyl sites for hydroxylation is 1. The average molecular weight is 478 g/mol. The summed E-state index contributed by atoms with van der Waals surface area (Å²) in [6.45, 7) is 6.91. The second-order valence-electron chi connectivity index (χ2n) is 10.1. The maximum Gasteiger partial charge on any atom is 0.271 e. The van der Waals surface area contributed by atoms with Crippen LogP contribution in [0.4, 0.5) is 0 Å². The minimum Gasteiger partial charge on any atom is -0.494 e. The Morgan fingerprint density at radius 2 is 1.91 bits per heavy atom. The SMILES string of the molecule is CCOc1ccccc1CN1C(=O)c2cc3oc(C)cc3n2C[C@]1(C)C(=O)NC1CCCCCC1. The number of nitrogens with one attached hydrogen (secondary N) is 1. The normalized spacial score (nSPS) is 21.1. The molecule has 0 radical (unpaired) electrons. The third-order valence-electron chi connectivity index (χ3n) is 7.52. The molecule has 1 aliphatic heterocycles. The number of nitrogens with zero attached hydrogens (tertiary/aromatic N) is 2. The molecule has 7 heteroatoms. The second kappa shape index (κ2) is 9.44. The highest BCUT2D eigenvalue weighted by atomic mass is 16.5. The average Bonchev–Trinajstić information content (AvgIpc) is 3.23. The zero-order valence-electron chi connectivity index (χ0n) is 20.9. The first-order valence-corrected chi connectivity index (χ1v) is 12.8. The van der Waals surface area contributed by atoms with Gasteiger partial charge in [0, 0.05) is 23.7 Å². The van der Waals surface area contributed by atoms with Gasteiger partial charge < -0.3 is 23.9 Å². The lowest BCUT2D eigenvalue weighted by molar-refractivity contribution is -0.134. The molecule has 2 amide bonds. The van der Waals surface area contributed by atoms with Crippen LogP contribution in [0.2, 0.25) is 0 Å². The first-order chi connectivity index (χ1) is 16.9. The van der Waals surface area contributed by atoms with Gasteiger partial charge in [0.1, 0.15) is 22.7 Å². The molecule has 1 aromatic carbocycles. The number of carbonyl (C=O) groups is 2. The van der Waals surface area contributed by atoms with Gasteiger partial charge in [0.2, 0.25) is 5.91 Å². The summed E-state index contributed by atoms with van der Waals surface area (Å²) in [6, 6.07) is 11.6. The first kappa shape index (κ1) is 23.5. The number of benzene rings is 1. The number of furan rings is 1. The van der Waals surface area contributed by atoms with Crippen molar-refractivity contribution >= 4 is 22.9 Å². The summed E-state index contributed by atoms with van der Waals surface area (Å²) in [7, 11) is 0. The molecule has 186 valence electrons. The lowest BCUT2D eigenvalue weighted by atomic mass is 9.92. The predicted molar refractivity (Wildman–Crippen MR) is 134 cm³/mol. The molecule has 1 atom stereocenters. The lowest BCUT2D eigenvalue weighted by Gasteiger charge is -2.44. The molecule has 5 rings (SSSR count). The van der Waals surface area contributed by atoms with Crippen LogP contribution in [-0.4, -0.2) is 39.5 Å². The van der Waals surface area contributed by atoms with Gasteiger partial charge in [-0.15, -0.1) is 0 Å². The monoisotopic (exact) mass is 477 g/mol. The summed E-state index contributed by atoms with van der Waals surface area (Å²) >= 11 is 0. The smallest absolute Gasteiger partial charge is 0.271 e. The number of hydrogen-bond acceptors (Lipinski definition) is 4. The Labute approximate surface area is 206 Å². The van der Waals surface area contributed by atoms with Gasteiger partial charge in [-0.25, -0.2) is 0 Å². The quantitative estimate of drug-likeness (QED) is 0.496. The molecule has 1 fully saturated rings. The van der Waals surface area contributed by atoms with Crippen LogP contribution in [0.5, 0.6) is 5.75 Å². The molecule has 0 spiro atoms. The van der Waals surface area contributed by atoms with Gasteiger partial charge in [-0.1, -0.05) is 43.9 Å². The van der Waals surface area contributed by atoms with Gasteiger partial charge in [-0.2, -0.15) is 0 Å². The molecule has 1 aliphatic carbocycles. The highest BCUT2D eigenvalue weighted by Crippen LogP contribution is 2.36. The van der Waals surface area contributed by atoms with Crippen molar-refractivity contribution in [1.29, 1.82) is 0 Å². The van der Waals surface area contributed by atoms with Crippen LogP contribution in [-0.2, 0) is 17.9 Å². The van der Waals surface area contributed by atoms with E-state index in [1.165, 1.54) is 12.8 Å². The van der Waals surface area contributed by atoms with E-state index in [-0.39, 0.29) is 24.4 Å². The minimum atomic E-state index is -1.06. The maximum absolute atomic E-state index is 14.0. The highest BCUT2D eigenvalue weighted by molar-refractivity contribution is 6.03. The number of fused-ring (bicyclic) bond motifs is 3. The van der Waals surface area contributed by atoms with Crippen molar-refractivity contribution in [2.45, 2.75) is 84.0 Å². The van der Waals surface area contributed by atoms with E-state index in [1.807, 2.05) is 55.7 Å². The topological polar surface area (TPSA) is 76.7 Å². The summed E-state index contributed by atoms with van der Waals surface area (Å²) in [6.07, 6.45) is 6.66. The van der Waals surface area contributed by atoms with E-state index in [0.29, 0.717) is 24.4 Å². The molecule has 3 heterocycles. The van der Waals surface area contributed by atoms with Gasteiger partial charge >= 0.3 is 0 Å². The van der Waals surface area contributed by atoms with Crippen LogP contribution in [0.1, 0.15) is 74.2 Å². The summed E-state index contributed by atoms with van der Waals surface area (Å²) in [5.74, 6) is 1.25. The maximum atomic E-state index is 14.0. The van der Waals surface area contributed by atoms with E-state index in [2.05, 4.69) is 5.32 Å². The molecular formula is C28H35N3O4. The van der Waals surface area contributed by atoms with Crippen molar-refractivity contribution in [1.82, 2.24) is 14.8 Å². The standard InChI is InChI=1S/C28H35N3O4/c1-4-34-24-14-10-9-11-20(24)17-31-26(32)23-16-25-22(15-19(2)35-25)30(23)18-28(31,3)27(33)29-21-12-7-5-6-8-13-21/h9-11,14-16,21H,4-8,12-13,17-18H2,1-3H3,(H,29,33)/t28-/m1/s1. The number of para-hydroxylation sites is 1. The Morgan fingerprint density at radius 3 is 2.66 bits per heavy atom. The molecule has 7 nitrogen and oxygen atoms in total. The minimum absolute atomic E-state index is 0.0978. The van der Waals surface area contributed by atoms with E-state index in [4.69, 9.17) is 9.15 Å². The number of amides is 2. The third kappa shape index (κ3) is 4.32. The summed E-state index contributed by atoms with van der Waals surface area (Å²) < 4.78 is 13.6. The first-order valence-electron chi connectivity index (χ1n) is 12.8. The van der Waals surface area contributed by atoms with Crippen LogP contribution >= 0.6 is 0 Å². The fourth-order valence-electron chi connectivity index (χ4n) is 5.57. The fraction of sp³-hybridized carbons (Fsp3) is 0.500. The van der Waals surface area contributed by atoms with E-state index in [0.717, 1.165) is 48.3 Å². The van der Waals surface area contributed by atoms with E-state index < -0.39 is 5.54 Å². The zero-order valence-corrected chi connectivity index (χ0v) is 20.9. The van der Waals surface area contributed by atoms with Crippen molar-refractivity contribution in [3.63, 3.8) is 0 Å². The van der Waals surface area contributed by atoms with E-state index >= 15 is 0 Å².